The fourth-order valence-electron chi connectivity index (χ4n) is 4.64. The SMILES string of the molecule is CC/C=C/C(C[C@H](O)CC(=O)[C@@H](O)[C@H](O)[C@H](C)/C(Cl)=C/C=C/C=C(C)/C=C/C=C/C(=O)N[C@H]1CCC[C@H](C(=O)O)C1)OC(N)=O. The summed E-state index contributed by atoms with van der Waals surface area (Å²) in [6.07, 6.45) is 12.6. The molecule has 0 saturated heterocycles. The summed E-state index contributed by atoms with van der Waals surface area (Å²) in [5.74, 6) is -3.11. The van der Waals surface area contributed by atoms with Crippen LogP contribution in [0.15, 0.2) is 71.4 Å². The van der Waals surface area contributed by atoms with Crippen molar-refractivity contribution in [1.29, 1.82) is 0 Å². The van der Waals surface area contributed by atoms with Gasteiger partial charge in [0.2, 0.25) is 5.91 Å². The van der Waals surface area contributed by atoms with Crippen LogP contribution in [0.2, 0.25) is 0 Å². The lowest BCUT2D eigenvalue weighted by Crippen LogP contribution is -2.40. The largest absolute Gasteiger partial charge is 0.481 e. The molecule has 0 aliphatic heterocycles. The standard InChI is InChI=1S/C33H47ClN2O9/c1-4-5-15-26(45-33(35)44)19-25(37)20-28(38)31(41)30(40)22(3)27(34)16-8-6-11-21(2)12-7-9-17-29(39)36-24-14-10-13-23(18-24)32(42)43/h5-9,11-12,15-17,22-26,30-31,37,40-41H,4,10,13-14,18-20H2,1-3H3,(H2,35,44)(H,36,39)(H,42,43)/b8-6+,12-7+,15-5+,17-9+,21-11+,27-16-/t22-,23+,24+,25+,26?,30-,31-/m1/s1. The summed E-state index contributed by atoms with van der Waals surface area (Å²) in [6.45, 7) is 5.26. The molecule has 1 rings (SSSR count). The van der Waals surface area contributed by atoms with Crippen LogP contribution >= 0.6 is 11.6 Å². The maximum atomic E-state index is 12.5. The van der Waals surface area contributed by atoms with Crippen LogP contribution in [-0.4, -0.2) is 74.6 Å². The lowest BCUT2D eigenvalue weighted by atomic mass is 9.86. The second kappa shape index (κ2) is 21.3. The second-order valence-electron chi connectivity index (χ2n) is 11.1. The Labute approximate surface area is 269 Å². The zero-order valence-electron chi connectivity index (χ0n) is 26.1. The molecular weight excluding hydrogens is 604 g/mol. The van der Waals surface area contributed by atoms with Crippen molar-refractivity contribution < 1.29 is 44.3 Å². The first-order valence-corrected chi connectivity index (χ1v) is 15.4. The molecule has 0 aromatic heterocycles. The molecule has 0 aromatic rings. The number of rotatable bonds is 18. The van der Waals surface area contributed by atoms with Crippen LogP contribution in [0.3, 0.4) is 0 Å². The highest BCUT2D eigenvalue weighted by molar-refractivity contribution is 6.30. The number of Topliss-reactive ketones (excluding diaryl/α,β-unsaturated/α-hetero) is 1. The number of hydrogen-bond acceptors (Lipinski definition) is 8. The number of hydrogen-bond donors (Lipinski definition) is 6. The minimum atomic E-state index is -1.80. The number of carbonyl (C=O) groups excluding carboxylic acids is 3. The molecule has 1 saturated carbocycles. The molecule has 1 fully saturated rings. The van der Waals surface area contributed by atoms with Crippen LogP contribution in [0.1, 0.15) is 65.7 Å². The molecule has 7 N–H and O–H groups in total. The van der Waals surface area contributed by atoms with Gasteiger partial charge in [-0.25, -0.2) is 4.79 Å². The van der Waals surface area contributed by atoms with Crippen LogP contribution in [0.5, 0.6) is 0 Å². The van der Waals surface area contributed by atoms with E-state index in [1.54, 1.807) is 55.5 Å². The fraction of sp³-hybridized carbons (Fsp3) is 0.515. The molecule has 0 spiro atoms. The summed E-state index contributed by atoms with van der Waals surface area (Å²) < 4.78 is 4.91. The van der Waals surface area contributed by atoms with Gasteiger partial charge in [0.1, 0.15) is 12.2 Å². The van der Waals surface area contributed by atoms with Crippen molar-refractivity contribution in [1.82, 2.24) is 5.32 Å². The van der Waals surface area contributed by atoms with Crippen LogP contribution in [0.4, 0.5) is 4.79 Å². The van der Waals surface area contributed by atoms with E-state index < -0.39 is 60.5 Å². The summed E-state index contributed by atoms with van der Waals surface area (Å²) >= 11 is 6.29. The van der Waals surface area contributed by atoms with Gasteiger partial charge in [-0.3, -0.25) is 14.4 Å². The number of nitrogens with one attached hydrogen (secondary N) is 1. The van der Waals surface area contributed by atoms with E-state index in [1.165, 1.54) is 12.2 Å². The van der Waals surface area contributed by atoms with Gasteiger partial charge >= 0.3 is 12.1 Å². The van der Waals surface area contributed by atoms with E-state index in [0.29, 0.717) is 19.3 Å². The van der Waals surface area contributed by atoms with E-state index in [9.17, 15) is 39.6 Å². The van der Waals surface area contributed by atoms with Crippen molar-refractivity contribution in [2.45, 2.75) is 96.2 Å². The molecular formula is C33H47ClN2O9. The summed E-state index contributed by atoms with van der Waals surface area (Å²) in [5, 5.41) is 43.4. The summed E-state index contributed by atoms with van der Waals surface area (Å²) in [5.41, 5.74) is 5.90. The van der Waals surface area contributed by atoms with Crippen molar-refractivity contribution in [3.05, 3.63) is 71.4 Å². The van der Waals surface area contributed by atoms with Gasteiger partial charge in [-0.05, 0) is 44.8 Å². The maximum Gasteiger partial charge on any atom is 0.405 e. The predicted octanol–water partition coefficient (Wildman–Crippen LogP) is 3.98. The van der Waals surface area contributed by atoms with Crippen molar-refractivity contribution in [3.63, 3.8) is 0 Å². The first kappa shape index (κ1) is 39.5. The number of ketones is 1. The average molecular weight is 651 g/mol. The Morgan fingerprint density at radius 3 is 2.36 bits per heavy atom. The smallest absolute Gasteiger partial charge is 0.405 e. The number of halogens is 1. The van der Waals surface area contributed by atoms with E-state index in [1.807, 2.05) is 13.8 Å². The van der Waals surface area contributed by atoms with Crippen molar-refractivity contribution in [2.24, 2.45) is 17.6 Å². The zero-order valence-corrected chi connectivity index (χ0v) is 26.8. The maximum absolute atomic E-state index is 12.5. The highest BCUT2D eigenvalue weighted by Gasteiger charge is 2.32. The number of carbonyl (C=O) groups is 4. The van der Waals surface area contributed by atoms with Gasteiger partial charge < -0.3 is 36.2 Å². The lowest BCUT2D eigenvalue weighted by Gasteiger charge is -2.26. The summed E-state index contributed by atoms with van der Waals surface area (Å²) in [7, 11) is 0. The minimum absolute atomic E-state index is 0.111. The molecule has 1 aliphatic rings. The van der Waals surface area contributed by atoms with Crippen molar-refractivity contribution in [2.75, 3.05) is 0 Å². The normalized spacial score (nSPS) is 21.6. The quantitative estimate of drug-likeness (QED) is 0.0722. The highest BCUT2D eigenvalue weighted by atomic mass is 35.5. The van der Waals surface area contributed by atoms with E-state index in [2.05, 4.69) is 5.32 Å². The minimum Gasteiger partial charge on any atom is -0.481 e. The number of nitrogens with two attached hydrogens (primary N) is 1. The molecule has 12 heteroatoms. The van der Waals surface area contributed by atoms with Crippen molar-refractivity contribution in [3.8, 4) is 0 Å². The third-order valence-corrected chi connectivity index (χ3v) is 7.68. The second-order valence-corrected chi connectivity index (χ2v) is 11.5. The molecule has 0 aromatic carbocycles. The van der Waals surface area contributed by atoms with Gasteiger partial charge in [0.05, 0.1) is 18.1 Å². The molecule has 0 heterocycles. The number of aliphatic hydroxyl groups excluding tert-OH is 3. The number of primary amides is 1. The number of amides is 2. The molecule has 2 amide bonds. The van der Waals surface area contributed by atoms with Gasteiger partial charge in [0.15, 0.2) is 5.78 Å². The third-order valence-electron chi connectivity index (χ3n) is 7.21. The van der Waals surface area contributed by atoms with Crippen LogP contribution in [0.25, 0.3) is 0 Å². The molecule has 1 aliphatic carbocycles. The molecule has 7 atom stereocenters. The summed E-state index contributed by atoms with van der Waals surface area (Å²) in [4.78, 5) is 46.9. The Morgan fingerprint density at radius 2 is 1.71 bits per heavy atom. The average Bonchev–Trinajstić information content (AvgIpc) is 2.98. The monoisotopic (exact) mass is 650 g/mol. The molecule has 0 radical (unpaired) electrons. The Balaban J connectivity index is 2.58. The van der Waals surface area contributed by atoms with Crippen LogP contribution < -0.4 is 11.1 Å². The van der Waals surface area contributed by atoms with Gasteiger partial charge in [-0.2, -0.15) is 0 Å². The van der Waals surface area contributed by atoms with E-state index >= 15 is 0 Å². The van der Waals surface area contributed by atoms with E-state index in [-0.39, 0.29) is 23.4 Å². The fourth-order valence-corrected chi connectivity index (χ4v) is 4.84. The molecule has 0 bridgehead atoms. The van der Waals surface area contributed by atoms with Gasteiger partial charge in [0.25, 0.3) is 0 Å². The molecule has 1 unspecified atom stereocenters. The molecule has 45 heavy (non-hydrogen) atoms. The zero-order chi connectivity index (χ0) is 33.9. The number of carboxylic acids is 1. The Bertz CT molecular complexity index is 1170. The summed E-state index contributed by atoms with van der Waals surface area (Å²) in [6, 6.07) is -0.143. The Kier molecular flexibility index (Phi) is 18.7. The van der Waals surface area contributed by atoms with Crippen molar-refractivity contribution >= 4 is 35.4 Å². The van der Waals surface area contributed by atoms with Gasteiger partial charge in [-0.1, -0.05) is 80.0 Å². The Morgan fingerprint density at radius 1 is 1.04 bits per heavy atom. The van der Waals surface area contributed by atoms with Crippen LogP contribution in [0, 0.1) is 11.8 Å². The number of ether oxygens (including phenoxy) is 1. The number of carboxylic acid groups (broad SMARTS) is 1. The van der Waals surface area contributed by atoms with Gasteiger partial charge in [0, 0.05) is 35.9 Å². The van der Waals surface area contributed by atoms with E-state index in [0.717, 1.165) is 18.4 Å². The topological polar surface area (TPSA) is 196 Å². The number of aliphatic carboxylic acids is 1. The van der Waals surface area contributed by atoms with Crippen LogP contribution in [-0.2, 0) is 19.1 Å². The molecule has 250 valence electrons. The van der Waals surface area contributed by atoms with Gasteiger partial charge in [-0.15, -0.1) is 0 Å². The Hall–Kier alpha value is -3.51. The highest BCUT2D eigenvalue weighted by Crippen LogP contribution is 2.25. The number of allylic oxidation sites excluding steroid dienone is 9. The van der Waals surface area contributed by atoms with E-state index in [4.69, 9.17) is 22.1 Å². The molecule has 11 nitrogen and oxygen atoms in total. The first-order valence-electron chi connectivity index (χ1n) is 15.0. The first-order chi connectivity index (χ1) is 21.2. The predicted molar refractivity (Wildman–Crippen MR) is 172 cm³/mol. The third kappa shape index (κ3) is 16.4. The lowest BCUT2D eigenvalue weighted by molar-refractivity contribution is -0.143. The number of aliphatic hydroxyl groups is 3.